The molecule has 1 aromatic rings. The molecule has 2 amide bonds. The van der Waals surface area contributed by atoms with Crippen molar-refractivity contribution in [2.45, 2.75) is 6.92 Å². The zero-order valence-electron chi connectivity index (χ0n) is 11.7. The van der Waals surface area contributed by atoms with Crippen LogP contribution in [0, 0.1) is 6.92 Å². The van der Waals surface area contributed by atoms with Gasteiger partial charge in [-0.2, -0.15) is 0 Å². The van der Waals surface area contributed by atoms with E-state index in [1.807, 2.05) is 4.90 Å². The summed E-state index contributed by atoms with van der Waals surface area (Å²) < 4.78 is 1.14. The highest BCUT2D eigenvalue weighted by Crippen LogP contribution is 2.23. The summed E-state index contributed by atoms with van der Waals surface area (Å²) in [5, 5.41) is 0. The molecule has 1 aliphatic heterocycles. The summed E-state index contributed by atoms with van der Waals surface area (Å²) in [4.78, 5) is 17.7. The molecule has 0 N–H and O–H groups in total. The second kappa shape index (κ2) is 5.82. The molecule has 1 saturated heterocycles. The van der Waals surface area contributed by atoms with Crippen molar-refractivity contribution in [3.05, 3.63) is 28.2 Å². The van der Waals surface area contributed by atoms with Crippen LogP contribution in [0.15, 0.2) is 22.7 Å². The number of urea groups is 1. The van der Waals surface area contributed by atoms with Crippen LogP contribution in [0.2, 0.25) is 0 Å². The van der Waals surface area contributed by atoms with E-state index in [2.05, 4.69) is 46.0 Å². The van der Waals surface area contributed by atoms with Crippen molar-refractivity contribution in [1.29, 1.82) is 0 Å². The zero-order chi connectivity index (χ0) is 14.0. The number of hydrogen-bond donors (Lipinski definition) is 0. The van der Waals surface area contributed by atoms with Crippen molar-refractivity contribution < 1.29 is 4.79 Å². The Morgan fingerprint density at radius 2 is 1.84 bits per heavy atom. The minimum Gasteiger partial charge on any atom is -0.368 e. The lowest BCUT2D eigenvalue weighted by Crippen LogP contribution is -2.51. The van der Waals surface area contributed by atoms with Crippen LogP contribution in [0.4, 0.5) is 10.5 Å². The number of anilines is 1. The van der Waals surface area contributed by atoms with E-state index in [0.717, 1.165) is 30.7 Å². The summed E-state index contributed by atoms with van der Waals surface area (Å²) in [5.74, 6) is 0. The molecule has 1 aliphatic rings. The molecule has 1 fully saturated rings. The molecule has 0 bridgehead atoms. The SMILES string of the molecule is Cc1cc(N2CCN(C(=O)N(C)C)CC2)ccc1Br. The van der Waals surface area contributed by atoms with Gasteiger partial charge in [0.25, 0.3) is 0 Å². The van der Waals surface area contributed by atoms with Gasteiger partial charge in [-0.15, -0.1) is 0 Å². The number of carbonyl (C=O) groups is 1. The number of benzene rings is 1. The number of carbonyl (C=O) groups excluding carboxylic acids is 1. The number of hydrogen-bond acceptors (Lipinski definition) is 2. The summed E-state index contributed by atoms with van der Waals surface area (Å²) in [7, 11) is 3.60. The second-order valence-electron chi connectivity index (χ2n) is 5.08. The predicted molar refractivity (Wildman–Crippen MR) is 81.7 cm³/mol. The van der Waals surface area contributed by atoms with E-state index in [1.54, 1.807) is 19.0 Å². The number of amides is 2. The summed E-state index contributed by atoms with van der Waals surface area (Å²) in [6, 6.07) is 6.50. The Hall–Kier alpha value is -1.23. The van der Waals surface area contributed by atoms with Crippen LogP contribution in [-0.4, -0.2) is 56.1 Å². The molecular formula is C14H20BrN3O. The molecule has 5 heteroatoms. The van der Waals surface area contributed by atoms with Gasteiger partial charge in [-0.3, -0.25) is 0 Å². The molecule has 1 aromatic carbocycles. The van der Waals surface area contributed by atoms with Crippen molar-refractivity contribution in [1.82, 2.24) is 9.80 Å². The zero-order valence-corrected chi connectivity index (χ0v) is 13.3. The smallest absolute Gasteiger partial charge is 0.319 e. The summed E-state index contributed by atoms with van der Waals surface area (Å²) in [6.07, 6.45) is 0. The molecule has 0 radical (unpaired) electrons. The lowest BCUT2D eigenvalue weighted by atomic mass is 10.2. The van der Waals surface area contributed by atoms with Crippen LogP contribution in [0.5, 0.6) is 0 Å². The monoisotopic (exact) mass is 325 g/mol. The summed E-state index contributed by atoms with van der Waals surface area (Å²) >= 11 is 3.52. The molecule has 2 rings (SSSR count). The van der Waals surface area contributed by atoms with E-state index in [-0.39, 0.29) is 6.03 Å². The Morgan fingerprint density at radius 1 is 1.21 bits per heavy atom. The molecule has 1 heterocycles. The minimum absolute atomic E-state index is 0.103. The van der Waals surface area contributed by atoms with E-state index in [4.69, 9.17) is 0 Å². The second-order valence-corrected chi connectivity index (χ2v) is 5.94. The Bertz CT molecular complexity index is 468. The molecule has 0 aromatic heterocycles. The number of aryl methyl sites for hydroxylation is 1. The van der Waals surface area contributed by atoms with Gasteiger partial charge in [-0.05, 0) is 30.7 Å². The van der Waals surface area contributed by atoms with E-state index >= 15 is 0 Å². The Morgan fingerprint density at radius 3 is 2.37 bits per heavy atom. The lowest BCUT2D eigenvalue weighted by molar-refractivity contribution is 0.168. The van der Waals surface area contributed by atoms with Crippen LogP contribution in [-0.2, 0) is 0 Å². The Balaban J connectivity index is 2.00. The van der Waals surface area contributed by atoms with Gasteiger partial charge in [0.1, 0.15) is 0 Å². The van der Waals surface area contributed by atoms with Crippen molar-refractivity contribution >= 4 is 27.6 Å². The molecule has 0 atom stereocenters. The van der Waals surface area contributed by atoms with E-state index < -0.39 is 0 Å². The van der Waals surface area contributed by atoms with Crippen molar-refractivity contribution in [2.24, 2.45) is 0 Å². The third kappa shape index (κ3) is 3.21. The van der Waals surface area contributed by atoms with Gasteiger partial charge in [0.2, 0.25) is 0 Å². The van der Waals surface area contributed by atoms with E-state index in [0.29, 0.717) is 0 Å². The molecule has 19 heavy (non-hydrogen) atoms. The van der Waals surface area contributed by atoms with Gasteiger partial charge in [0.15, 0.2) is 0 Å². The maximum atomic E-state index is 11.9. The fraction of sp³-hybridized carbons (Fsp3) is 0.500. The quantitative estimate of drug-likeness (QED) is 0.793. The minimum atomic E-state index is 0.103. The fourth-order valence-corrected chi connectivity index (χ4v) is 2.51. The topological polar surface area (TPSA) is 26.8 Å². The van der Waals surface area contributed by atoms with E-state index in [9.17, 15) is 4.79 Å². The summed E-state index contributed by atoms with van der Waals surface area (Å²) in [5.41, 5.74) is 2.47. The van der Waals surface area contributed by atoms with Gasteiger partial charge >= 0.3 is 6.03 Å². The van der Waals surface area contributed by atoms with Crippen LogP contribution in [0.1, 0.15) is 5.56 Å². The fourth-order valence-electron chi connectivity index (χ4n) is 2.26. The van der Waals surface area contributed by atoms with Crippen molar-refractivity contribution in [3.8, 4) is 0 Å². The van der Waals surface area contributed by atoms with Crippen LogP contribution in [0.3, 0.4) is 0 Å². The third-order valence-corrected chi connectivity index (χ3v) is 4.33. The van der Waals surface area contributed by atoms with Crippen LogP contribution >= 0.6 is 15.9 Å². The highest BCUT2D eigenvalue weighted by Gasteiger charge is 2.22. The van der Waals surface area contributed by atoms with Gasteiger partial charge in [0, 0.05) is 50.4 Å². The maximum absolute atomic E-state index is 11.9. The first kappa shape index (κ1) is 14.2. The average molecular weight is 326 g/mol. The number of piperazine rings is 1. The molecule has 104 valence electrons. The normalized spacial score (nSPS) is 15.6. The molecule has 0 unspecified atom stereocenters. The van der Waals surface area contributed by atoms with Gasteiger partial charge in [-0.25, -0.2) is 4.79 Å². The number of nitrogens with zero attached hydrogens (tertiary/aromatic N) is 3. The predicted octanol–water partition coefficient (Wildman–Crippen LogP) is 2.56. The molecule has 4 nitrogen and oxygen atoms in total. The summed E-state index contributed by atoms with van der Waals surface area (Å²) in [6.45, 7) is 5.44. The van der Waals surface area contributed by atoms with Gasteiger partial charge < -0.3 is 14.7 Å². The maximum Gasteiger partial charge on any atom is 0.319 e. The van der Waals surface area contributed by atoms with Gasteiger partial charge in [0.05, 0.1) is 0 Å². The molecule has 0 aliphatic carbocycles. The Kier molecular flexibility index (Phi) is 4.34. The number of rotatable bonds is 1. The first-order valence-electron chi connectivity index (χ1n) is 6.46. The van der Waals surface area contributed by atoms with Crippen LogP contribution in [0.25, 0.3) is 0 Å². The van der Waals surface area contributed by atoms with Crippen molar-refractivity contribution in [2.75, 3.05) is 45.2 Å². The highest BCUT2D eigenvalue weighted by molar-refractivity contribution is 9.10. The average Bonchev–Trinajstić information content (AvgIpc) is 2.41. The van der Waals surface area contributed by atoms with Gasteiger partial charge in [-0.1, -0.05) is 15.9 Å². The van der Waals surface area contributed by atoms with Crippen molar-refractivity contribution in [3.63, 3.8) is 0 Å². The standard InChI is InChI=1S/C14H20BrN3O/c1-11-10-12(4-5-13(11)15)17-6-8-18(9-7-17)14(19)16(2)3/h4-5,10H,6-9H2,1-3H3. The molecular weight excluding hydrogens is 306 g/mol. The first-order chi connectivity index (χ1) is 8.99. The largest absolute Gasteiger partial charge is 0.368 e. The number of halogens is 1. The molecule has 0 saturated carbocycles. The molecule has 0 spiro atoms. The Labute approximate surface area is 123 Å². The first-order valence-corrected chi connectivity index (χ1v) is 7.25. The van der Waals surface area contributed by atoms with E-state index in [1.165, 1.54) is 11.3 Å². The lowest BCUT2D eigenvalue weighted by Gasteiger charge is -2.37. The van der Waals surface area contributed by atoms with Crippen LogP contribution < -0.4 is 4.90 Å². The third-order valence-electron chi connectivity index (χ3n) is 3.44. The highest BCUT2D eigenvalue weighted by atomic mass is 79.9.